The van der Waals surface area contributed by atoms with E-state index in [1.165, 1.54) is 0 Å². The summed E-state index contributed by atoms with van der Waals surface area (Å²) in [5.41, 5.74) is 0.726. The first-order chi connectivity index (χ1) is 4.77. The van der Waals surface area contributed by atoms with Crippen molar-refractivity contribution in [2.45, 2.75) is 4.90 Å². The number of carbonyl (C=O) groups is 1. The van der Waals surface area contributed by atoms with Crippen LogP contribution in [0.1, 0.15) is 10.5 Å². The van der Waals surface area contributed by atoms with Gasteiger partial charge in [-0.05, 0) is 12.3 Å². The van der Waals surface area contributed by atoms with Gasteiger partial charge in [0, 0.05) is 18.1 Å². The summed E-state index contributed by atoms with van der Waals surface area (Å²) in [7, 11) is 1.86. The van der Waals surface area contributed by atoms with Crippen LogP contribution in [0.2, 0.25) is 0 Å². The molecule has 1 heterocycles. The SMILES string of the molecule is CSc1cc(C=O)n(C)c1. The Bertz CT molecular complexity index is 242. The van der Waals surface area contributed by atoms with Gasteiger partial charge in [-0.1, -0.05) is 0 Å². The van der Waals surface area contributed by atoms with Crippen molar-refractivity contribution < 1.29 is 4.79 Å². The van der Waals surface area contributed by atoms with Crippen molar-refractivity contribution in [1.29, 1.82) is 0 Å². The Hall–Kier alpha value is -0.700. The minimum atomic E-state index is 0.726. The van der Waals surface area contributed by atoms with E-state index < -0.39 is 0 Å². The molecule has 0 N–H and O–H groups in total. The van der Waals surface area contributed by atoms with Gasteiger partial charge in [0.05, 0.1) is 5.69 Å². The highest BCUT2D eigenvalue weighted by atomic mass is 32.2. The Kier molecular flexibility index (Phi) is 2.17. The maximum absolute atomic E-state index is 10.3. The molecular formula is C7H9NOS. The fraction of sp³-hybridized carbons (Fsp3) is 0.286. The van der Waals surface area contributed by atoms with E-state index in [1.54, 1.807) is 11.8 Å². The Morgan fingerprint density at radius 1 is 1.70 bits per heavy atom. The van der Waals surface area contributed by atoms with Crippen LogP contribution >= 0.6 is 11.8 Å². The molecule has 0 amide bonds. The van der Waals surface area contributed by atoms with E-state index >= 15 is 0 Å². The van der Waals surface area contributed by atoms with Crippen LogP contribution in [-0.2, 0) is 7.05 Å². The molecule has 3 heteroatoms. The molecule has 10 heavy (non-hydrogen) atoms. The first-order valence-electron chi connectivity index (χ1n) is 2.93. The third-order valence-electron chi connectivity index (χ3n) is 1.37. The van der Waals surface area contributed by atoms with Crippen LogP contribution in [0.15, 0.2) is 17.2 Å². The van der Waals surface area contributed by atoms with Crippen LogP contribution < -0.4 is 0 Å². The van der Waals surface area contributed by atoms with Gasteiger partial charge in [0.15, 0.2) is 6.29 Å². The van der Waals surface area contributed by atoms with Crippen molar-refractivity contribution in [3.05, 3.63) is 18.0 Å². The van der Waals surface area contributed by atoms with Crippen LogP contribution in [0.5, 0.6) is 0 Å². The molecular weight excluding hydrogens is 146 g/mol. The second-order valence-electron chi connectivity index (χ2n) is 2.03. The first kappa shape index (κ1) is 7.41. The molecule has 2 nitrogen and oxygen atoms in total. The van der Waals surface area contributed by atoms with Gasteiger partial charge in [-0.2, -0.15) is 0 Å². The van der Waals surface area contributed by atoms with Crippen molar-refractivity contribution in [3.8, 4) is 0 Å². The molecule has 0 spiro atoms. The summed E-state index contributed by atoms with van der Waals surface area (Å²) in [6.45, 7) is 0. The van der Waals surface area contributed by atoms with Crippen molar-refractivity contribution in [2.24, 2.45) is 7.05 Å². The van der Waals surface area contributed by atoms with Gasteiger partial charge < -0.3 is 4.57 Å². The molecule has 0 aliphatic rings. The zero-order valence-electron chi connectivity index (χ0n) is 6.00. The normalized spacial score (nSPS) is 9.80. The molecule has 1 rings (SSSR count). The van der Waals surface area contributed by atoms with Crippen LogP contribution in [0.25, 0.3) is 0 Å². The average Bonchev–Trinajstić information content (AvgIpc) is 2.30. The van der Waals surface area contributed by atoms with Crippen molar-refractivity contribution >= 4 is 18.0 Å². The number of thioether (sulfide) groups is 1. The molecule has 0 fully saturated rings. The van der Waals surface area contributed by atoms with E-state index in [1.807, 2.05) is 30.1 Å². The van der Waals surface area contributed by atoms with E-state index in [4.69, 9.17) is 0 Å². The molecule has 0 radical (unpaired) electrons. The molecule has 0 aliphatic carbocycles. The van der Waals surface area contributed by atoms with Gasteiger partial charge in [0.2, 0.25) is 0 Å². The maximum atomic E-state index is 10.3. The van der Waals surface area contributed by atoms with Gasteiger partial charge in [0.1, 0.15) is 0 Å². The zero-order valence-corrected chi connectivity index (χ0v) is 6.81. The number of nitrogens with zero attached hydrogens (tertiary/aromatic N) is 1. The van der Waals surface area contributed by atoms with Crippen LogP contribution in [0.3, 0.4) is 0 Å². The molecule has 1 aromatic heterocycles. The lowest BCUT2D eigenvalue weighted by Crippen LogP contribution is -1.90. The number of aryl methyl sites for hydroxylation is 1. The smallest absolute Gasteiger partial charge is 0.166 e. The van der Waals surface area contributed by atoms with Crippen LogP contribution in [0, 0.1) is 0 Å². The largest absolute Gasteiger partial charge is 0.347 e. The monoisotopic (exact) mass is 155 g/mol. The van der Waals surface area contributed by atoms with E-state index in [9.17, 15) is 4.79 Å². The van der Waals surface area contributed by atoms with E-state index in [-0.39, 0.29) is 0 Å². The zero-order chi connectivity index (χ0) is 7.56. The third-order valence-corrected chi connectivity index (χ3v) is 2.07. The number of carbonyl (C=O) groups excluding carboxylic acids is 1. The molecule has 0 saturated carbocycles. The van der Waals surface area contributed by atoms with E-state index in [2.05, 4.69) is 0 Å². The van der Waals surface area contributed by atoms with Gasteiger partial charge in [-0.15, -0.1) is 11.8 Å². The summed E-state index contributed by atoms with van der Waals surface area (Å²) in [5.74, 6) is 0. The standard InChI is InChI=1S/C7H9NOS/c1-8-4-7(10-2)3-6(8)5-9/h3-5H,1-2H3. The minimum absolute atomic E-state index is 0.726. The Labute approximate surface area is 64.2 Å². The van der Waals surface area contributed by atoms with Gasteiger partial charge in [0.25, 0.3) is 0 Å². The quantitative estimate of drug-likeness (QED) is 0.477. The lowest BCUT2D eigenvalue weighted by molar-refractivity contribution is 0.111. The average molecular weight is 155 g/mol. The number of hydrogen-bond acceptors (Lipinski definition) is 2. The van der Waals surface area contributed by atoms with Crippen LogP contribution in [0.4, 0.5) is 0 Å². The summed E-state index contributed by atoms with van der Waals surface area (Å²) < 4.78 is 1.82. The Morgan fingerprint density at radius 3 is 2.70 bits per heavy atom. The topological polar surface area (TPSA) is 22.0 Å². The number of hydrogen-bond donors (Lipinski definition) is 0. The summed E-state index contributed by atoms with van der Waals surface area (Å²) in [6, 6.07) is 1.87. The van der Waals surface area contributed by atoms with Crippen molar-refractivity contribution in [2.75, 3.05) is 6.26 Å². The predicted molar refractivity (Wildman–Crippen MR) is 42.6 cm³/mol. The summed E-state index contributed by atoms with van der Waals surface area (Å²) in [5, 5.41) is 0. The van der Waals surface area contributed by atoms with Gasteiger partial charge in [-0.25, -0.2) is 0 Å². The maximum Gasteiger partial charge on any atom is 0.166 e. The predicted octanol–water partition coefficient (Wildman–Crippen LogP) is 1.56. The second-order valence-corrected chi connectivity index (χ2v) is 2.91. The summed E-state index contributed by atoms with van der Waals surface area (Å²) in [4.78, 5) is 11.5. The summed E-state index contributed by atoms with van der Waals surface area (Å²) >= 11 is 1.64. The van der Waals surface area contributed by atoms with Crippen molar-refractivity contribution in [3.63, 3.8) is 0 Å². The summed E-state index contributed by atoms with van der Waals surface area (Å²) in [6.07, 6.45) is 4.79. The minimum Gasteiger partial charge on any atom is -0.347 e. The molecule has 0 aliphatic heterocycles. The number of aldehydes is 1. The van der Waals surface area contributed by atoms with Gasteiger partial charge >= 0.3 is 0 Å². The second kappa shape index (κ2) is 2.92. The number of rotatable bonds is 2. The molecule has 54 valence electrons. The molecule has 0 unspecified atom stereocenters. The first-order valence-corrected chi connectivity index (χ1v) is 4.16. The lowest BCUT2D eigenvalue weighted by atomic mass is 10.5. The van der Waals surface area contributed by atoms with Crippen molar-refractivity contribution in [1.82, 2.24) is 4.57 Å². The van der Waals surface area contributed by atoms with E-state index in [0.29, 0.717) is 0 Å². The molecule has 0 bridgehead atoms. The van der Waals surface area contributed by atoms with Gasteiger partial charge in [-0.3, -0.25) is 4.79 Å². The molecule has 0 atom stereocenters. The highest BCUT2D eigenvalue weighted by molar-refractivity contribution is 7.98. The fourth-order valence-electron chi connectivity index (χ4n) is 0.779. The highest BCUT2D eigenvalue weighted by Crippen LogP contribution is 2.15. The van der Waals surface area contributed by atoms with Crippen LogP contribution in [-0.4, -0.2) is 17.1 Å². The molecule has 0 aromatic carbocycles. The third kappa shape index (κ3) is 1.24. The molecule has 0 saturated heterocycles. The lowest BCUT2D eigenvalue weighted by Gasteiger charge is -1.89. The fourth-order valence-corrected chi connectivity index (χ4v) is 1.28. The Morgan fingerprint density at radius 2 is 2.40 bits per heavy atom. The molecule has 1 aromatic rings. The highest BCUT2D eigenvalue weighted by Gasteiger charge is 1.98. The van der Waals surface area contributed by atoms with E-state index in [0.717, 1.165) is 16.9 Å². The number of aromatic nitrogens is 1. The Balaban J connectivity index is 3.03.